The molecule has 1 fully saturated rings. The summed E-state index contributed by atoms with van der Waals surface area (Å²) in [7, 11) is 0. The largest absolute Gasteiger partial charge is 0.389 e. The highest BCUT2D eigenvalue weighted by Crippen LogP contribution is 2.29. The van der Waals surface area contributed by atoms with Crippen molar-refractivity contribution < 1.29 is 9.90 Å². The van der Waals surface area contributed by atoms with Crippen LogP contribution < -0.4 is 11.1 Å². The van der Waals surface area contributed by atoms with Gasteiger partial charge in [0.15, 0.2) is 0 Å². The van der Waals surface area contributed by atoms with Crippen LogP contribution in [0.3, 0.4) is 0 Å². The number of nitrogens with one attached hydrogen (secondary N) is 1. The number of carbonyl (C=O) groups is 1. The number of hydrogen-bond acceptors (Lipinski definition) is 3. The van der Waals surface area contributed by atoms with Crippen molar-refractivity contribution >= 4 is 5.91 Å². The lowest BCUT2D eigenvalue weighted by Crippen LogP contribution is -2.53. The third kappa shape index (κ3) is 3.46. The zero-order valence-electron chi connectivity index (χ0n) is 10.5. The maximum Gasteiger partial charge on any atom is 0.235 e. The Hall–Kier alpha value is -0.610. The molecule has 1 amide bonds. The third-order valence-corrected chi connectivity index (χ3v) is 3.32. The minimum absolute atomic E-state index is 0.221. The van der Waals surface area contributed by atoms with E-state index < -0.39 is 11.6 Å². The summed E-state index contributed by atoms with van der Waals surface area (Å²) in [5, 5.41) is 13.3. The van der Waals surface area contributed by atoms with Gasteiger partial charge in [0, 0.05) is 6.54 Å². The molecule has 0 heterocycles. The van der Waals surface area contributed by atoms with Crippen LogP contribution in [-0.4, -0.2) is 29.2 Å². The molecule has 0 aromatic carbocycles. The smallest absolute Gasteiger partial charge is 0.235 e. The van der Waals surface area contributed by atoms with Gasteiger partial charge in [0.1, 0.15) is 0 Å². The van der Waals surface area contributed by atoms with Crippen LogP contribution in [0.5, 0.6) is 0 Å². The summed E-state index contributed by atoms with van der Waals surface area (Å²) >= 11 is 0. The fourth-order valence-corrected chi connectivity index (χ4v) is 2.34. The molecule has 0 aromatic heterocycles. The summed E-state index contributed by atoms with van der Waals surface area (Å²) in [6.07, 6.45) is 3.76. The van der Waals surface area contributed by atoms with Crippen molar-refractivity contribution in [3.05, 3.63) is 0 Å². The van der Waals surface area contributed by atoms with Gasteiger partial charge in [-0.25, -0.2) is 0 Å². The van der Waals surface area contributed by atoms with Gasteiger partial charge in [-0.2, -0.15) is 0 Å². The molecule has 0 saturated heterocycles. The number of hydrogen-bond donors (Lipinski definition) is 3. The monoisotopic (exact) mass is 228 g/mol. The van der Waals surface area contributed by atoms with Crippen molar-refractivity contribution in [3.63, 3.8) is 0 Å². The van der Waals surface area contributed by atoms with Crippen molar-refractivity contribution in [3.8, 4) is 0 Å². The van der Waals surface area contributed by atoms with E-state index in [-0.39, 0.29) is 11.3 Å². The summed E-state index contributed by atoms with van der Waals surface area (Å²) in [4.78, 5) is 11.3. The van der Waals surface area contributed by atoms with E-state index >= 15 is 0 Å². The molecule has 4 heteroatoms. The van der Waals surface area contributed by atoms with Gasteiger partial charge in [-0.1, -0.05) is 33.6 Å². The summed E-state index contributed by atoms with van der Waals surface area (Å²) in [6, 6.07) is -0.392. The zero-order chi connectivity index (χ0) is 12.4. The van der Waals surface area contributed by atoms with Crippen LogP contribution in [0.4, 0.5) is 0 Å². The summed E-state index contributed by atoms with van der Waals surface area (Å²) < 4.78 is 0. The molecule has 1 aliphatic carbocycles. The molecule has 1 rings (SSSR count). The van der Waals surface area contributed by atoms with Gasteiger partial charge in [0.25, 0.3) is 0 Å². The van der Waals surface area contributed by atoms with E-state index in [1.807, 2.05) is 20.8 Å². The van der Waals surface area contributed by atoms with Gasteiger partial charge >= 0.3 is 0 Å². The van der Waals surface area contributed by atoms with Gasteiger partial charge in [-0.15, -0.1) is 0 Å². The number of rotatable bonds is 4. The highest BCUT2D eigenvalue weighted by Gasteiger charge is 2.35. The summed E-state index contributed by atoms with van der Waals surface area (Å²) in [5.74, 6) is -0.353. The number of amides is 1. The van der Waals surface area contributed by atoms with Crippen LogP contribution in [0.15, 0.2) is 0 Å². The minimum Gasteiger partial charge on any atom is -0.389 e. The topological polar surface area (TPSA) is 75.3 Å². The van der Waals surface area contributed by atoms with E-state index in [0.29, 0.717) is 6.54 Å². The lowest BCUT2D eigenvalue weighted by Gasteiger charge is -2.32. The van der Waals surface area contributed by atoms with E-state index in [4.69, 9.17) is 5.73 Å². The van der Waals surface area contributed by atoms with E-state index in [2.05, 4.69) is 5.32 Å². The maximum atomic E-state index is 11.3. The first-order valence-electron chi connectivity index (χ1n) is 6.00. The second-order valence-electron chi connectivity index (χ2n) is 6.01. The SMILES string of the molecule is CC(C)(C)[C@H](NCC1(O)CCCC1)C(N)=O. The minimum atomic E-state index is -0.640. The lowest BCUT2D eigenvalue weighted by atomic mass is 9.85. The summed E-state index contributed by atoms with van der Waals surface area (Å²) in [6.45, 7) is 6.36. The molecule has 16 heavy (non-hydrogen) atoms. The highest BCUT2D eigenvalue weighted by atomic mass is 16.3. The number of aliphatic hydroxyl groups is 1. The Morgan fingerprint density at radius 3 is 2.31 bits per heavy atom. The normalized spacial score (nSPS) is 22.0. The van der Waals surface area contributed by atoms with Crippen molar-refractivity contribution in [2.45, 2.75) is 58.1 Å². The second kappa shape index (κ2) is 4.72. The van der Waals surface area contributed by atoms with Crippen molar-refractivity contribution in [1.82, 2.24) is 5.32 Å². The maximum absolute atomic E-state index is 11.3. The van der Waals surface area contributed by atoms with Crippen LogP contribution in [0, 0.1) is 5.41 Å². The quantitative estimate of drug-likeness (QED) is 0.665. The van der Waals surface area contributed by atoms with Crippen LogP contribution in [0.25, 0.3) is 0 Å². The number of carbonyl (C=O) groups excluding carboxylic acids is 1. The van der Waals surface area contributed by atoms with Crippen molar-refractivity contribution in [2.75, 3.05) is 6.54 Å². The molecular formula is C12H24N2O2. The molecule has 0 unspecified atom stereocenters. The van der Waals surface area contributed by atoms with E-state index in [1.165, 1.54) is 0 Å². The first kappa shape index (κ1) is 13.5. The number of nitrogens with two attached hydrogens (primary N) is 1. The molecule has 0 aliphatic heterocycles. The first-order valence-corrected chi connectivity index (χ1v) is 6.00. The fraction of sp³-hybridized carbons (Fsp3) is 0.917. The van der Waals surface area contributed by atoms with Gasteiger partial charge in [0.2, 0.25) is 5.91 Å². The Bertz CT molecular complexity index is 252. The second-order valence-corrected chi connectivity index (χ2v) is 6.01. The van der Waals surface area contributed by atoms with Crippen LogP contribution in [-0.2, 0) is 4.79 Å². The van der Waals surface area contributed by atoms with Gasteiger partial charge in [-0.05, 0) is 18.3 Å². The van der Waals surface area contributed by atoms with Crippen LogP contribution in [0.2, 0.25) is 0 Å². The fourth-order valence-electron chi connectivity index (χ4n) is 2.34. The average molecular weight is 228 g/mol. The predicted molar refractivity (Wildman–Crippen MR) is 63.9 cm³/mol. The van der Waals surface area contributed by atoms with Gasteiger partial charge < -0.3 is 16.2 Å². The Morgan fingerprint density at radius 2 is 1.94 bits per heavy atom. The van der Waals surface area contributed by atoms with E-state index in [9.17, 15) is 9.90 Å². The number of primary amides is 1. The van der Waals surface area contributed by atoms with Gasteiger partial charge in [0.05, 0.1) is 11.6 Å². The molecule has 0 bridgehead atoms. The molecule has 4 N–H and O–H groups in total. The Morgan fingerprint density at radius 1 is 1.44 bits per heavy atom. The van der Waals surface area contributed by atoms with Crippen LogP contribution in [0.1, 0.15) is 46.5 Å². The molecule has 4 nitrogen and oxygen atoms in total. The Labute approximate surface area is 97.6 Å². The van der Waals surface area contributed by atoms with Crippen molar-refractivity contribution in [2.24, 2.45) is 11.1 Å². The Kier molecular flexibility index (Phi) is 3.97. The zero-order valence-corrected chi connectivity index (χ0v) is 10.5. The van der Waals surface area contributed by atoms with E-state index in [1.54, 1.807) is 0 Å². The third-order valence-electron chi connectivity index (χ3n) is 3.32. The highest BCUT2D eigenvalue weighted by molar-refractivity contribution is 5.80. The molecule has 0 radical (unpaired) electrons. The van der Waals surface area contributed by atoms with Gasteiger partial charge in [-0.3, -0.25) is 4.79 Å². The molecule has 0 aromatic rings. The molecular weight excluding hydrogens is 204 g/mol. The average Bonchev–Trinajstić information content (AvgIpc) is 2.49. The molecule has 0 spiro atoms. The molecule has 1 atom stereocenters. The molecule has 1 saturated carbocycles. The van der Waals surface area contributed by atoms with E-state index in [0.717, 1.165) is 25.7 Å². The molecule has 1 aliphatic rings. The predicted octanol–water partition coefficient (Wildman–Crippen LogP) is 0.781. The lowest BCUT2D eigenvalue weighted by molar-refractivity contribution is -0.122. The first-order chi connectivity index (χ1) is 7.25. The standard InChI is InChI=1S/C12H24N2O2/c1-11(2,3)9(10(13)15)14-8-12(16)6-4-5-7-12/h9,14,16H,4-8H2,1-3H3,(H2,13,15)/t9-/m1/s1. The summed E-state index contributed by atoms with van der Waals surface area (Å²) in [5.41, 5.74) is 4.51. The van der Waals surface area contributed by atoms with Crippen molar-refractivity contribution in [1.29, 1.82) is 0 Å². The molecule has 94 valence electrons. The Balaban J connectivity index is 2.53. The van der Waals surface area contributed by atoms with Crippen LogP contribution >= 0.6 is 0 Å².